The first-order chi connectivity index (χ1) is 9.34. The standard InChI is InChI=1S/C14H15ClN4/c15-12-9-5-4-8-11(12)14-18-16-13(17-19-14)10-6-2-1-3-7-10/h4-5,8-10H,1-3,6-7H2. The highest BCUT2D eigenvalue weighted by atomic mass is 35.5. The molecule has 19 heavy (non-hydrogen) atoms. The minimum absolute atomic E-state index is 0.425. The van der Waals surface area contributed by atoms with E-state index in [1.807, 2.05) is 24.3 Å². The molecule has 1 aromatic heterocycles. The summed E-state index contributed by atoms with van der Waals surface area (Å²) in [4.78, 5) is 0. The molecule has 0 spiro atoms. The van der Waals surface area contributed by atoms with Crippen molar-refractivity contribution in [3.63, 3.8) is 0 Å². The number of nitrogens with zero attached hydrogens (tertiary/aromatic N) is 4. The number of halogens is 1. The van der Waals surface area contributed by atoms with Crippen molar-refractivity contribution in [2.45, 2.75) is 38.0 Å². The minimum atomic E-state index is 0.425. The quantitative estimate of drug-likeness (QED) is 0.839. The van der Waals surface area contributed by atoms with Crippen LogP contribution in [0.2, 0.25) is 5.02 Å². The number of aromatic nitrogens is 4. The lowest BCUT2D eigenvalue weighted by atomic mass is 9.89. The third kappa shape index (κ3) is 2.73. The van der Waals surface area contributed by atoms with Gasteiger partial charge in [-0.3, -0.25) is 0 Å². The zero-order chi connectivity index (χ0) is 13.1. The molecule has 0 amide bonds. The van der Waals surface area contributed by atoms with Crippen LogP contribution in [0.15, 0.2) is 24.3 Å². The molecule has 0 unspecified atom stereocenters. The van der Waals surface area contributed by atoms with Gasteiger partial charge in [0, 0.05) is 11.5 Å². The lowest BCUT2D eigenvalue weighted by Gasteiger charge is -2.18. The van der Waals surface area contributed by atoms with Crippen molar-refractivity contribution < 1.29 is 0 Å². The Morgan fingerprint density at radius 3 is 2.26 bits per heavy atom. The van der Waals surface area contributed by atoms with Gasteiger partial charge in [0.15, 0.2) is 5.82 Å². The number of rotatable bonds is 2. The summed E-state index contributed by atoms with van der Waals surface area (Å²) in [5.74, 6) is 1.69. The minimum Gasteiger partial charge on any atom is -0.131 e. The Morgan fingerprint density at radius 2 is 1.58 bits per heavy atom. The van der Waals surface area contributed by atoms with Gasteiger partial charge in [0.2, 0.25) is 5.82 Å². The first-order valence-corrected chi connectivity index (χ1v) is 7.04. The van der Waals surface area contributed by atoms with Crippen molar-refractivity contribution in [2.24, 2.45) is 0 Å². The maximum Gasteiger partial charge on any atom is 0.205 e. The van der Waals surface area contributed by atoms with E-state index in [0.29, 0.717) is 16.8 Å². The van der Waals surface area contributed by atoms with Crippen molar-refractivity contribution >= 4 is 11.6 Å². The fraction of sp³-hybridized carbons (Fsp3) is 0.429. The Labute approximate surface area is 117 Å². The van der Waals surface area contributed by atoms with E-state index in [1.54, 1.807) is 0 Å². The second-order valence-corrected chi connectivity index (χ2v) is 5.30. The highest BCUT2D eigenvalue weighted by molar-refractivity contribution is 6.33. The topological polar surface area (TPSA) is 51.6 Å². The van der Waals surface area contributed by atoms with Crippen molar-refractivity contribution in [1.82, 2.24) is 20.4 Å². The van der Waals surface area contributed by atoms with Gasteiger partial charge in [-0.2, -0.15) is 0 Å². The van der Waals surface area contributed by atoms with E-state index in [-0.39, 0.29) is 0 Å². The first kappa shape index (κ1) is 12.5. The Balaban J connectivity index is 1.84. The lowest BCUT2D eigenvalue weighted by molar-refractivity contribution is 0.421. The Hall–Kier alpha value is -1.55. The molecule has 1 aliphatic carbocycles. The zero-order valence-electron chi connectivity index (χ0n) is 10.6. The van der Waals surface area contributed by atoms with Crippen LogP contribution in [-0.2, 0) is 0 Å². The molecule has 1 saturated carbocycles. The van der Waals surface area contributed by atoms with Crippen LogP contribution in [0.1, 0.15) is 43.8 Å². The number of hydrogen-bond acceptors (Lipinski definition) is 4. The molecule has 2 aromatic rings. The van der Waals surface area contributed by atoms with Gasteiger partial charge in [-0.05, 0) is 25.0 Å². The average molecular weight is 275 g/mol. The Bertz CT molecular complexity index is 550. The SMILES string of the molecule is Clc1ccccc1-c1nnc(C2CCCCC2)nn1. The van der Waals surface area contributed by atoms with Crippen LogP contribution < -0.4 is 0 Å². The van der Waals surface area contributed by atoms with E-state index in [9.17, 15) is 0 Å². The Morgan fingerprint density at radius 1 is 0.895 bits per heavy atom. The van der Waals surface area contributed by atoms with Crippen LogP contribution in [-0.4, -0.2) is 20.4 Å². The predicted molar refractivity (Wildman–Crippen MR) is 73.9 cm³/mol. The van der Waals surface area contributed by atoms with Gasteiger partial charge >= 0.3 is 0 Å². The molecule has 1 aliphatic rings. The van der Waals surface area contributed by atoms with Crippen molar-refractivity contribution in [3.05, 3.63) is 35.1 Å². The molecule has 0 bridgehead atoms. The summed E-state index contributed by atoms with van der Waals surface area (Å²) in [7, 11) is 0. The highest BCUT2D eigenvalue weighted by Crippen LogP contribution is 2.30. The van der Waals surface area contributed by atoms with Gasteiger partial charge < -0.3 is 0 Å². The summed E-state index contributed by atoms with van der Waals surface area (Å²) in [6.45, 7) is 0. The van der Waals surface area contributed by atoms with E-state index in [0.717, 1.165) is 24.2 Å². The van der Waals surface area contributed by atoms with Gasteiger partial charge in [-0.15, -0.1) is 20.4 Å². The molecule has 1 aromatic carbocycles. The van der Waals surface area contributed by atoms with Crippen LogP contribution in [0.5, 0.6) is 0 Å². The predicted octanol–water partition coefficient (Wildman–Crippen LogP) is 3.63. The lowest BCUT2D eigenvalue weighted by Crippen LogP contribution is -2.11. The summed E-state index contributed by atoms with van der Waals surface area (Å²) in [6.07, 6.45) is 6.11. The molecule has 3 rings (SSSR count). The molecule has 98 valence electrons. The highest BCUT2D eigenvalue weighted by Gasteiger charge is 2.19. The molecule has 1 heterocycles. The number of hydrogen-bond donors (Lipinski definition) is 0. The maximum atomic E-state index is 6.11. The van der Waals surface area contributed by atoms with Crippen molar-refractivity contribution in [2.75, 3.05) is 0 Å². The normalized spacial score (nSPS) is 16.5. The van der Waals surface area contributed by atoms with Gasteiger partial charge in [0.25, 0.3) is 0 Å². The molecule has 4 nitrogen and oxygen atoms in total. The van der Waals surface area contributed by atoms with Gasteiger partial charge in [-0.1, -0.05) is 43.0 Å². The van der Waals surface area contributed by atoms with Crippen LogP contribution in [0.25, 0.3) is 11.4 Å². The third-order valence-corrected chi connectivity index (χ3v) is 3.91. The zero-order valence-corrected chi connectivity index (χ0v) is 11.3. The van der Waals surface area contributed by atoms with Gasteiger partial charge in [0.05, 0.1) is 5.02 Å². The molecule has 5 heteroatoms. The molecule has 0 N–H and O–H groups in total. The monoisotopic (exact) mass is 274 g/mol. The van der Waals surface area contributed by atoms with E-state index < -0.39 is 0 Å². The molecule has 0 aliphatic heterocycles. The maximum absolute atomic E-state index is 6.11. The van der Waals surface area contributed by atoms with Gasteiger partial charge in [-0.25, -0.2) is 0 Å². The summed E-state index contributed by atoms with van der Waals surface area (Å²) in [5.41, 5.74) is 0.777. The fourth-order valence-electron chi connectivity index (χ4n) is 2.51. The summed E-state index contributed by atoms with van der Waals surface area (Å²) >= 11 is 6.11. The second kappa shape index (κ2) is 5.61. The summed E-state index contributed by atoms with van der Waals surface area (Å²) < 4.78 is 0. The van der Waals surface area contributed by atoms with Crippen LogP contribution in [0.3, 0.4) is 0 Å². The fourth-order valence-corrected chi connectivity index (χ4v) is 2.73. The van der Waals surface area contributed by atoms with E-state index in [1.165, 1.54) is 19.3 Å². The largest absolute Gasteiger partial charge is 0.205 e. The molecule has 1 fully saturated rings. The summed E-state index contributed by atoms with van der Waals surface area (Å²) in [5, 5.41) is 17.5. The van der Waals surface area contributed by atoms with Crippen LogP contribution >= 0.6 is 11.6 Å². The molecular weight excluding hydrogens is 260 g/mol. The Kier molecular flexibility index (Phi) is 3.69. The van der Waals surface area contributed by atoms with E-state index in [2.05, 4.69) is 20.4 Å². The smallest absolute Gasteiger partial charge is 0.131 e. The third-order valence-electron chi connectivity index (χ3n) is 3.58. The first-order valence-electron chi connectivity index (χ1n) is 6.67. The van der Waals surface area contributed by atoms with Gasteiger partial charge in [0.1, 0.15) is 0 Å². The average Bonchev–Trinajstić information content (AvgIpc) is 2.49. The van der Waals surface area contributed by atoms with Crippen molar-refractivity contribution in [1.29, 1.82) is 0 Å². The van der Waals surface area contributed by atoms with Crippen molar-refractivity contribution in [3.8, 4) is 11.4 Å². The number of benzene rings is 1. The second-order valence-electron chi connectivity index (χ2n) is 4.90. The van der Waals surface area contributed by atoms with E-state index in [4.69, 9.17) is 11.6 Å². The van der Waals surface area contributed by atoms with E-state index >= 15 is 0 Å². The summed E-state index contributed by atoms with van der Waals surface area (Å²) in [6, 6.07) is 7.47. The van der Waals surface area contributed by atoms with Crippen LogP contribution in [0, 0.1) is 0 Å². The molecule has 0 saturated heterocycles. The molecule has 0 atom stereocenters. The molecule has 0 radical (unpaired) electrons. The molecular formula is C14H15ClN4. The van der Waals surface area contributed by atoms with Crippen LogP contribution in [0.4, 0.5) is 0 Å².